The lowest BCUT2D eigenvalue weighted by Gasteiger charge is -1.97. The summed E-state index contributed by atoms with van der Waals surface area (Å²) in [7, 11) is 1.77. The molecular formula is C9H7ClN2O2S. The van der Waals surface area contributed by atoms with Crippen LogP contribution >= 0.6 is 22.9 Å². The van der Waals surface area contributed by atoms with E-state index in [1.165, 1.54) is 17.5 Å². The highest BCUT2D eigenvalue weighted by atomic mass is 35.5. The molecule has 0 saturated carbocycles. The van der Waals surface area contributed by atoms with Gasteiger partial charge in [-0.25, -0.2) is 4.79 Å². The molecule has 2 aromatic heterocycles. The van der Waals surface area contributed by atoms with Crippen LogP contribution in [0.3, 0.4) is 0 Å². The highest BCUT2D eigenvalue weighted by Crippen LogP contribution is 2.32. The predicted octanol–water partition coefficient (Wildman–Crippen LogP) is 2.50. The molecule has 0 saturated heterocycles. The molecule has 15 heavy (non-hydrogen) atoms. The minimum Gasteiger partial charge on any atom is -0.477 e. The summed E-state index contributed by atoms with van der Waals surface area (Å²) in [6.07, 6.45) is 1.54. The smallest absolute Gasteiger partial charge is 0.345 e. The van der Waals surface area contributed by atoms with Crippen molar-refractivity contribution in [2.45, 2.75) is 0 Å². The number of rotatable bonds is 2. The number of hydrogen-bond acceptors (Lipinski definition) is 3. The fourth-order valence-electron chi connectivity index (χ4n) is 1.27. The Morgan fingerprint density at radius 2 is 2.33 bits per heavy atom. The molecule has 0 aromatic carbocycles. The number of aromatic nitrogens is 2. The summed E-state index contributed by atoms with van der Waals surface area (Å²) >= 11 is 7.13. The number of hydrogen-bond donors (Lipinski definition) is 1. The molecule has 2 aromatic rings. The zero-order chi connectivity index (χ0) is 11.0. The number of thiophene rings is 1. The lowest BCUT2D eigenvalue weighted by molar-refractivity contribution is 0.0702. The van der Waals surface area contributed by atoms with Gasteiger partial charge in [0, 0.05) is 7.05 Å². The molecule has 0 aliphatic carbocycles. The van der Waals surface area contributed by atoms with Gasteiger partial charge in [-0.1, -0.05) is 11.6 Å². The maximum atomic E-state index is 10.7. The molecule has 0 bridgehead atoms. The maximum Gasteiger partial charge on any atom is 0.345 e. The molecule has 0 atom stereocenters. The van der Waals surface area contributed by atoms with Crippen LogP contribution in [0.15, 0.2) is 18.3 Å². The van der Waals surface area contributed by atoms with Crippen LogP contribution in [0.2, 0.25) is 5.02 Å². The molecule has 0 aliphatic rings. The van der Waals surface area contributed by atoms with Crippen LogP contribution in [0.25, 0.3) is 10.6 Å². The molecule has 0 aliphatic heterocycles. The first-order valence-electron chi connectivity index (χ1n) is 4.10. The Morgan fingerprint density at radius 3 is 2.80 bits per heavy atom. The highest BCUT2D eigenvalue weighted by Gasteiger charge is 2.13. The van der Waals surface area contributed by atoms with Gasteiger partial charge in [-0.3, -0.25) is 4.68 Å². The van der Waals surface area contributed by atoms with E-state index in [1.54, 1.807) is 23.9 Å². The van der Waals surface area contributed by atoms with Gasteiger partial charge in [0.25, 0.3) is 0 Å². The monoisotopic (exact) mass is 242 g/mol. The second-order valence-corrected chi connectivity index (χ2v) is 4.42. The average Bonchev–Trinajstić information content (AvgIpc) is 2.73. The summed E-state index contributed by atoms with van der Waals surface area (Å²) in [5.41, 5.74) is 0.745. The number of halogens is 1. The lowest BCUT2D eigenvalue weighted by Crippen LogP contribution is -1.92. The van der Waals surface area contributed by atoms with E-state index in [0.717, 1.165) is 10.6 Å². The summed E-state index contributed by atoms with van der Waals surface area (Å²) in [6, 6.07) is 3.29. The Balaban J connectivity index is 2.50. The minimum atomic E-state index is -0.926. The maximum absolute atomic E-state index is 10.7. The Morgan fingerprint density at radius 1 is 1.60 bits per heavy atom. The first-order chi connectivity index (χ1) is 7.09. The minimum absolute atomic E-state index is 0.294. The van der Waals surface area contributed by atoms with E-state index in [-0.39, 0.29) is 0 Å². The number of aromatic carboxylic acids is 1. The number of aryl methyl sites for hydroxylation is 1. The van der Waals surface area contributed by atoms with Crippen molar-refractivity contribution in [1.29, 1.82) is 0 Å². The largest absolute Gasteiger partial charge is 0.477 e. The number of carboxylic acids is 1. The lowest BCUT2D eigenvalue weighted by atomic mass is 10.3. The van der Waals surface area contributed by atoms with Crippen LogP contribution in [0, 0.1) is 0 Å². The molecular weight excluding hydrogens is 236 g/mol. The molecule has 4 nitrogen and oxygen atoms in total. The van der Waals surface area contributed by atoms with E-state index in [4.69, 9.17) is 16.7 Å². The third-order valence-corrected chi connectivity index (χ3v) is 3.30. The summed E-state index contributed by atoms with van der Waals surface area (Å²) in [5, 5.41) is 13.3. The molecule has 0 spiro atoms. The zero-order valence-electron chi connectivity index (χ0n) is 7.77. The van der Waals surface area contributed by atoms with Gasteiger partial charge < -0.3 is 5.11 Å². The fraction of sp³-hybridized carbons (Fsp3) is 0.111. The second-order valence-electron chi connectivity index (χ2n) is 2.93. The van der Waals surface area contributed by atoms with Crippen molar-refractivity contribution in [2.24, 2.45) is 7.05 Å². The quantitative estimate of drug-likeness (QED) is 0.880. The third kappa shape index (κ3) is 1.75. The van der Waals surface area contributed by atoms with Crippen molar-refractivity contribution >= 4 is 28.9 Å². The SMILES string of the molecule is Cn1ncc(Cl)c1-c1ccc(C(=O)O)s1. The number of carboxylic acid groups (broad SMARTS) is 1. The first-order valence-corrected chi connectivity index (χ1v) is 5.30. The van der Waals surface area contributed by atoms with Crippen molar-refractivity contribution in [2.75, 3.05) is 0 Å². The van der Waals surface area contributed by atoms with E-state index < -0.39 is 5.97 Å². The zero-order valence-corrected chi connectivity index (χ0v) is 9.34. The van der Waals surface area contributed by atoms with Crippen molar-refractivity contribution in [3.05, 3.63) is 28.2 Å². The number of carbonyl (C=O) groups is 1. The molecule has 6 heteroatoms. The summed E-state index contributed by atoms with van der Waals surface area (Å²) in [6.45, 7) is 0. The van der Waals surface area contributed by atoms with Crippen molar-refractivity contribution < 1.29 is 9.90 Å². The standard InChI is InChI=1S/C9H7ClN2O2S/c1-12-8(5(10)4-11-12)6-2-3-7(15-6)9(13)14/h2-4H,1H3,(H,13,14). The van der Waals surface area contributed by atoms with Crippen LogP contribution in [-0.2, 0) is 7.05 Å². The van der Waals surface area contributed by atoms with Crippen LogP contribution in [0.5, 0.6) is 0 Å². The van der Waals surface area contributed by atoms with Crippen molar-refractivity contribution in [1.82, 2.24) is 9.78 Å². The Kier molecular flexibility index (Phi) is 2.50. The van der Waals surface area contributed by atoms with Gasteiger partial charge in [-0.15, -0.1) is 11.3 Å². The van der Waals surface area contributed by atoms with Gasteiger partial charge >= 0.3 is 5.97 Å². The Hall–Kier alpha value is -1.33. The second kappa shape index (κ2) is 3.67. The Labute approximate surface area is 94.7 Å². The normalized spacial score (nSPS) is 10.5. The van der Waals surface area contributed by atoms with E-state index in [2.05, 4.69) is 5.10 Å². The van der Waals surface area contributed by atoms with Gasteiger partial charge in [0.05, 0.1) is 21.8 Å². The fourth-order valence-corrected chi connectivity index (χ4v) is 2.53. The van der Waals surface area contributed by atoms with Gasteiger partial charge in [0.1, 0.15) is 4.88 Å². The third-order valence-electron chi connectivity index (χ3n) is 1.94. The van der Waals surface area contributed by atoms with Crippen LogP contribution < -0.4 is 0 Å². The topological polar surface area (TPSA) is 55.1 Å². The van der Waals surface area contributed by atoms with Gasteiger partial charge in [-0.2, -0.15) is 5.10 Å². The molecule has 78 valence electrons. The van der Waals surface area contributed by atoms with Crippen LogP contribution in [0.1, 0.15) is 9.67 Å². The molecule has 2 rings (SSSR count). The molecule has 2 heterocycles. The Bertz CT molecular complexity index is 498. The van der Waals surface area contributed by atoms with Gasteiger partial charge in [0.15, 0.2) is 0 Å². The van der Waals surface area contributed by atoms with Crippen LogP contribution in [-0.4, -0.2) is 20.9 Å². The van der Waals surface area contributed by atoms with E-state index in [9.17, 15) is 4.79 Å². The molecule has 0 radical (unpaired) electrons. The van der Waals surface area contributed by atoms with E-state index in [0.29, 0.717) is 9.90 Å². The van der Waals surface area contributed by atoms with E-state index >= 15 is 0 Å². The first kappa shape index (κ1) is 10.2. The van der Waals surface area contributed by atoms with Gasteiger partial charge in [0.2, 0.25) is 0 Å². The summed E-state index contributed by atoms with van der Waals surface area (Å²) < 4.78 is 1.62. The summed E-state index contributed by atoms with van der Waals surface area (Å²) in [4.78, 5) is 11.8. The van der Waals surface area contributed by atoms with E-state index in [1.807, 2.05) is 0 Å². The molecule has 0 fully saturated rings. The van der Waals surface area contributed by atoms with Crippen molar-refractivity contribution in [3.63, 3.8) is 0 Å². The average molecular weight is 243 g/mol. The molecule has 1 N–H and O–H groups in total. The van der Waals surface area contributed by atoms with Crippen molar-refractivity contribution in [3.8, 4) is 10.6 Å². The predicted molar refractivity (Wildman–Crippen MR) is 58.5 cm³/mol. The number of nitrogens with zero attached hydrogens (tertiary/aromatic N) is 2. The van der Waals surface area contributed by atoms with Crippen LogP contribution in [0.4, 0.5) is 0 Å². The van der Waals surface area contributed by atoms with Gasteiger partial charge in [-0.05, 0) is 12.1 Å². The summed E-state index contributed by atoms with van der Waals surface area (Å²) in [5.74, 6) is -0.926. The molecule has 0 amide bonds. The molecule has 0 unspecified atom stereocenters. The highest BCUT2D eigenvalue weighted by molar-refractivity contribution is 7.17.